The molecule has 1 aromatic carbocycles. The van der Waals surface area contributed by atoms with Gasteiger partial charge in [-0.2, -0.15) is 5.10 Å². The van der Waals surface area contributed by atoms with Gasteiger partial charge in [-0.1, -0.05) is 0 Å². The van der Waals surface area contributed by atoms with Crippen LogP contribution in [0.25, 0.3) is 11.1 Å². The van der Waals surface area contributed by atoms with Crippen LogP contribution in [0.5, 0.6) is 11.5 Å². The Morgan fingerprint density at radius 3 is 2.50 bits per heavy atom. The van der Waals surface area contributed by atoms with E-state index in [4.69, 9.17) is 15.2 Å². The van der Waals surface area contributed by atoms with Crippen LogP contribution in [0.2, 0.25) is 0 Å². The minimum absolute atomic E-state index is 0.396. The van der Waals surface area contributed by atoms with E-state index in [-0.39, 0.29) is 0 Å². The van der Waals surface area contributed by atoms with Crippen molar-refractivity contribution in [3.63, 3.8) is 0 Å². The van der Waals surface area contributed by atoms with Crippen LogP contribution in [0.4, 0.5) is 0 Å². The Hall–Kier alpha value is -2.01. The van der Waals surface area contributed by atoms with Gasteiger partial charge >= 0.3 is 0 Å². The van der Waals surface area contributed by atoms with Crippen molar-refractivity contribution in [3.05, 3.63) is 30.1 Å². The molecule has 1 heterocycles. The number of ether oxygens (including phenoxy) is 2. The first-order chi connectivity index (χ1) is 8.69. The third kappa shape index (κ3) is 2.17. The van der Waals surface area contributed by atoms with E-state index >= 15 is 0 Å². The highest BCUT2D eigenvalue weighted by molar-refractivity contribution is 5.68. The number of hydrogen-bond donors (Lipinski definition) is 1. The van der Waals surface area contributed by atoms with Crippen LogP contribution in [0.15, 0.2) is 24.5 Å². The second kappa shape index (κ2) is 5.10. The summed E-state index contributed by atoms with van der Waals surface area (Å²) in [5.41, 5.74) is 8.69. The zero-order valence-corrected chi connectivity index (χ0v) is 10.8. The number of aromatic nitrogens is 2. The minimum Gasteiger partial charge on any atom is -0.493 e. The maximum Gasteiger partial charge on any atom is 0.165 e. The van der Waals surface area contributed by atoms with E-state index in [1.807, 2.05) is 31.6 Å². The van der Waals surface area contributed by atoms with Crippen molar-refractivity contribution in [2.24, 2.45) is 12.8 Å². The summed E-state index contributed by atoms with van der Waals surface area (Å²) < 4.78 is 12.4. The predicted octanol–water partition coefficient (Wildman–Crippen LogP) is 1.56. The highest BCUT2D eigenvalue weighted by Gasteiger charge is 2.13. The van der Waals surface area contributed by atoms with Crippen molar-refractivity contribution in [1.82, 2.24) is 9.78 Å². The van der Waals surface area contributed by atoms with Gasteiger partial charge < -0.3 is 15.2 Å². The first kappa shape index (κ1) is 12.4. The van der Waals surface area contributed by atoms with Crippen molar-refractivity contribution < 1.29 is 9.47 Å². The molecular formula is C13H17N3O2. The molecule has 0 fully saturated rings. The number of nitrogens with two attached hydrogens (primary N) is 1. The molecule has 18 heavy (non-hydrogen) atoms. The molecule has 0 aliphatic heterocycles. The molecule has 0 aliphatic carbocycles. The number of nitrogens with zero attached hydrogens (tertiary/aromatic N) is 2. The van der Waals surface area contributed by atoms with E-state index in [1.54, 1.807) is 18.9 Å². The maximum absolute atomic E-state index is 5.75. The van der Waals surface area contributed by atoms with Crippen LogP contribution in [0.1, 0.15) is 5.56 Å². The average Bonchev–Trinajstić information content (AvgIpc) is 2.83. The number of benzene rings is 1. The van der Waals surface area contributed by atoms with Crippen LogP contribution >= 0.6 is 0 Å². The average molecular weight is 247 g/mol. The Balaban J connectivity index is 2.56. The Kier molecular flexibility index (Phi) is 3.53. The van der Waals surface area contributed by atoms with Gasteiger partial charge in [-0.25, -0.2) is 0 Å². The van der Waals surface area contributed by atoms with E-state index in [9.17, 15) is 0 Å². The van der Waals surface area contributed by atoms with Crippen molar-refractivity contribution in [1.29, 1.82) is 0 Å². The molecule has 2 N–H and O–H groups in total. The van der Waals surface area contributed by atoms with E-state index in [0.29, 0.717) is 18.0 Å². The normalized spacial score (nSPS) is 10.4. The number of rotatable bonds is 4. The summed E-state index contributed by atoms with van der Waals surface area (Å²) in [5, 5.41) is 4.16. The second-order valence-corrected chi connectivity index (χ2v) is 3.98. The number of hydrogen-bond acceptors (Lipinski definition) is 4. The van der Waals surface area contributed by atoms with Crippen LogP contribution < -0.4 is 15.2 Å². The third-order valence-corrected chi connectivity index (χ3v) is 2.81. The molecule has 0 aliphatic rings. The minimum atomic E-state index is 0.396. The summed E-state index contributed by atoms with van der Waals surface area (Å²) in [6.07, 6.45) is 3.75. The van der Waals surface area contributed by atoms with E-state index in [2.05, 4.69) is 5.10 Å². The fourth-order valence-electron chi connectivity index (χ4n) is 1.93. The molecule has 96 valence electrons. The van der Waals surface area contributed by atoms with Crippen molar-refractivity contribution in [2.45, 2.75) is 6.54 Å². The summed E-state index contributed by atoms with van der Waals surface area (Å²) in [6.45, 7) is 0.396. The van der Waals surface area contributed by atoms with Gasteiger partial charge in [0.05, 0.1) is 20.4 Å². The molecule has 2 aromatic rings. The van der Waals surface area contributed by atoms with Crippen LogP contribution in [0.3, 0.4) is 0 Å². The molecular weight excluding hydrogens is 230 g/mol. The monoisotopic (exact) mass is 247 g/mol. The summed E-state index contributed by atoms with van der Waals surface area (Å²) >= 11 is 0. The molecule has 0 bridgehead atoms. The largest absolute Gasteiger partial charge is 0.493 e. The molecule has 0 amide bonds. The first-order valence-electron chi connectivity index (χ1n) is 5.63. The van der Waals surface area contributed by atoms with Gasteiger partial charge in [0.2, 0.25) is 0 Å². The SMILES string of the molecule is COc1cc(-c2cnn(C)c2)cc(CN)c1OC. The summed E-state index contributed by atoms with van der Waals surface area (Å²) in [4.78, 5) is 0. The lowest BCUT2D eigenvalue weighted by Gasteiger charge is -2.13. The van der Waals surface area contributed by atoms with Gasteiger partial charge in [-0.05, 0) is 17.7 Å². The van der Waals surface area contributed by atoms with Crippen molar-refractivity contribution in [3.8, 4) is 22.6 Å². The Bertz CT molecular complexity index is 524. The first-order valence-corrected chi connectivity index (χ1v) is 5.63. The maximum atomic E-state index is 5.75. The molecule has 0 spiro atoms. The molecule has 0 saturated carbocycles. The molecule has 1 aromatic heterocycles. The summed E-state index contributed by atoms with van der Waals surface area (Å²) in [7, 11) is 5.11. The Morgan fingerprint density at radius 1 is 1.22 bits per heavy atom. The quantitative estimate of drug-likeness (QED) is 0.890. The highest BCUT2D eigenvalue weighted by Crippen LogP contribution is 2.35. The lowest BCUT2D eigenvalue weighted by atomic mass is 10.0. The van der Waals surface area contributed by atoms with Crippen molar-refractivity contribution >= 4 is 0 Å². The van der Waals surface area contributed by atoms with Gasteiger partial charge in [0, 0.05) is 30.9 Å². The van der Waals surface area contributed by atoms with Gasteiger partial charge in [-0.3, -0.25) is 4.68 Å². The van der Waals surface area contributed by atoms with Gasteiger partial charge in [-0.15, -0.1) is 0 Å². The summed E-state index contributed by atoms with van der Waals surface area (Å²) in [5.74, 6) is 1.37. The van der Waals surface area contributed by atoms with Gasteiger partial charge in [0.25, 0.3) is 0 Å². The van der Waals surface area contributed by atoms with Gasteiger partial charge in [0.15, 0.2) is 11.5 Å². The molecule has 0 atom stereocenters. The van der Waals surface area contributed by atoms with E-state index < -0.39 is 0 Å². The molecule has 0 unspecified atom stereocenters. The Morgan fingerprint density at radius 2 is 2.00 bits per heavy atom. The topological polar surface area (TPSA) is 62.3 Å². The fourth-order valence-corrected chi connectivity index (χ4v) is 1.93. The number of aryl methyl sites for hydroxylation is 1. The van der Waals surface area contributed by atoms with E-state index in [1.165, 1.54) is 0 Å². The predicted molar refractivity (Wildman–Crippen MR) is 69.6 cm³/mol. The van der Waals surface area contributed by atoms with Crippen molar-refractivity contribution in [2.75, 3.05) is 14.2 Å². The molecule has 0 saturated heterocycles. The lowest BCUT2D eigenvalue weighted by Crippen LogP contribution is -2.02. The third-order valence-electron chi connectivity index (χ3n) is 2.81. The second-order valence-electron chi connectivity index (χ2n) is 3.98. The fraction of sp³-hybridized carbons (Fsp3) is 0.308. The zero-order chi connectivity index (χ0) is 13.1. The molecule has 0 radical (unpaired) electrons. The van der Waals surface area contributed by atoms with E-state index in [0.717, 1.165) is 16.7 Å². The number of methoxy groups -OCH3 is 2. The lowest BCUT2D eigenvalue weighted by molar-refractivity contribution is 0.352. The molecule has 2 rings (SSSR count). The van der Waals surface area contributed by atoms with Crippen LogP contribution in [-0.2, 0) is 13.6 Å². The zero-order valence-electron chi connectivity index (χ0n) is 10.8. The van der Waals surface area contributed by atoms with Gasteiger partial charge in [0.1, 0.15) is 0 Å². The smallest absolute Gasteiger partial charge is 0.165 e. The molecule has 5 heteroatoms. The summed E-state index contributed by atoms with van der Waals surface area (Å²) in [6, 6.07) is 3.92. The highest BCUT2D eigenvalue weighted by atomic mass is 16.5. The molecule has 5 nitrogen and oxygen atoms in total. The van der Waals surface area contributed by atoms with Crippen LogP contribution in [-0.4, -0.2) is 24.0 Å². The Labute approximate surface area is 106 Å². The van der Waals surface area contributed by atoms with Crippen LogP contribution in [0, 0.1) is 0 Å². The standard InChI is InChI=1S/C13H17N3O2/c1-16-8-11(7-15-16)9-4-10(6-14)13(18-3)12(5-9)17-2/h4-5,7-8H,6,14H2,1-3H3.